The first kappa shape index (κ1) is 20.8. The Hall–Kier alpha value is -1.90. The van der Waals surface area contributed by atoms with Crippen molar-refractivity contribution in [2.75, 3.05) is 0 Å². The van der Waals surface area contributed by atoms with Gasteiger partial charge in [0.05, 0.1) is 6.04 Å². The summed E-state index contributed by atoms with van der Waals surface area (Å²) in [5.74, 6) is -0.388. The number of benzene rings is 1. The number of carbonyl (C=O) groups excluding carboxylic acids is 2. The molecule has 0 N–H and O–H groups in total. The molecule has 1 atom stereocenters. The molecule has 1 aromatic carbocycles. The Morgan fingerprint density at radius 2 is 1.36 bits per heavy atom. The summed E-state index contributed by atoms with van der Waals surface area (Å²) in [5, 5.41) is 0. The molecule has 0 saturated carbocycles. The third kappa shape index (κ3) is 2.77. The number of imide groups is 1. The Kier molecular flexibility index (Phi) is 4.50. The molecule has 2 amide bonds. The predicted octanol–water partition coefficient (Wildman–Crippen LogP) is 5.68. The zero-order chi connectivity index (χ0) is 21.3. The molecule has 0 spiro atoms. The van der Waals surface area contributed by atoms with E-state index in [-0.39, 0.29) is 39.5 Å². The summed E-state index contributed by atoms with van der Waals surface area (Å²) in [7, 11) is 0. The maximum absolute atomic E-state index is 12.6. The van der Waals surface area contributed by atoms with Gasteiger partial charge in [0.15, 0.2) is 0 Å². The van der Waals surface area contributed by atoms with Crippen molar-refractivity contribution in [3.63, 3.8) is 0 Å². The lowest BCUT2D eigenvalue weighted by Crippen LogP contribution is -2.50. The highest BCUT2D eigenvalue weighted by atomic mass is 16.2. The van der Waals surface area contributed by atoms with E-state index in [0.29, 0.717) is 0 Å². The van der Waals surface area contributed by atoms with E-state index < -0.39 is 0 Å². The van der Waals surface area contributed by atoms with Gasteiger partial charge in [-0.05, 0) is 39.4 Å². The summed E-state index contributed by atoms with van der Waals surface area (Å²) in [6.45, 7) is 20.6. The lowest BCUT2D eigenvalue weighted by molar-refractivity contribution is -0.140. The summed E-state index contributed by atoms with van der Waals surface area (Å²) < 4.78 is 0. The molecule has 3 rings (SSSR count). The smallest absolute Gasteiger partial charge is 0.254 e. The summed E-state index contributed by atoms with van der Waals surface area (Å²) in [6, 6.07) is 6.24. The number of nitrogens with zero attached hydrogens (tertiary/aromatic N) is 1. The molecular weight excluding hydrogens is 346 g/mol. The first-order valence-corrected chi connectivity index (χ1v) is 10.3. The van der Waals surface area contributed by atoms with Gasteiger partial charge in [0, 0.05) is 17.6 Å². The van der Waals surface area contributed by atoms with Crippen LogP contribution >= 0.6 is 0 Å². The molecule has 0 aromatic heterocycles. The molecule has 0 radical (unpaired) electrons. The van der Waals surface area contributed by atoms with Gasteiger partial charge in [0.1, 0.15) is 0 Å². The van der Waals surface area contributed by atoms with Crippen molar-refractivity contribution in [3.8, 4) is 0 Å². The first-order chi connectivity index (χ1) is 12.6. The molecule has 1 aliphatic carbocycles. The van der Waals surface area contributed by atoms with Crippen LogP contribution in [0.15, 0.2) is 30.4 Å². The summed E-state index contributed by atoms with van der Waals surface area (Å²) in [4.78, 5) is 26.7. The minimum absolute atomic E-state index is 0.0285. The molecule has 152 valence electrons. The van der Waals surface area contributed by atoms with Gasteiger partial charge in [-0.1, -0.05) is 80.5 Å². The van der Waals surface area contributed by atoms with Gasteiger partial charge in [0.2, 0.25) is 0 Å². The number of carbonyl (C=O) groups is 2. The molecule has 1 aromatic rings. The fourth-order valence-corrected chi connectivity index (χ4v) is 5.89. The molecule has 28 heavy (non-hydrogen) atoms. The molecule has 0 bridgehead atoms. The Bertz CT molecular complexity index is 824. The molecule has 1 aliphatic heterocycles. The Labute approximate surface area is 170 Å². The van der Waals surface area contributed by atoms with Crippen LogP contribution in [0.5, 0.6) is 0 Å². The third-order valence-electron chi connectivity index (χ3n) is 6.91. The van der Waals surface area contributed by atoms with E-state index in [1.54, 1.807) is 0 Å². The number of rotatable bonds is 1. The first-order valence-electron chi connectivity index (χ1n) is 10.3. The van der Waals surface area contributed by atoms with Gasteiger partial charge < -0.3 is 0 Å². The van der Waals surface area contributed by atoms with Crippen molar-refractivity contribution in [1.29, 1.82) is 0 Å². The van der Waals surface area contributed by atoms with Crippen LogP contribution < -0.4 is 0 Å². The molecule has 0 unspecified atom stereocenters. The van der Waals surface area contributed by atoms with Gasteiger partial charge in [-0.3, -0.25) is 14.5 Å². The highest BCUT2D eigenvalue weighted by Crippen LogP contribution is 2.65. The second kappa shape index (κ2) is 6.05. The Morgan fingerprint density at radius 1 is 0.857 bits per heavy atom. The predicted molar refractivity (Wildman–Crippen MR) is 114 cm³/mol. The van der Waals surface area contributed by atoms with Gasteiger partial charge in [-0.2, -0.15) is 0 Å². The normalized spacial score (nSPS) is 22.2. The van der Waals surface area contributed by atoms with Crippen LogP contribution in [0.4, 0.5) is 0 Å². The topological polar surface area (TPSA) is 37.4 Å². The lowest BCUT2D eigenvalue weighted by atomic mass is 9.50. The second-order valence-electron chi connectivity index (χ2n) is 11.5. The largest absolute Gasteiger partial charge is 0.269 e. The Balaban J connectivity index is 2.38. The van der Waals surface area contributed by atoms with Crippen LogP contribution in [-0.2, 0) is 20.4 Å². The minimum Gasteiger partial charge on any atom is -0.269 e. The molecule has 0 saturated heterocycles. The minimum atomic E-state index is -0.217. The average molecular weight is 382 g/mol. The van der Waals surface area contributed by atoms with Crippen LogP contribution in [0, 0.1) is 10.8 Å². The average Bonchev–Trinajstić information content (AvgIpc) is 3.03. The van der Waals surface area contributed by atoms with Crippen LogP contribution in [0.2, 0.25) is 0 Å². The van der Waals surface area contributed by atoms with Crippen molar-refractivity contribution in [2.45, 2.75) is 85.6 Å². The van der Waals surface area contributed by atoms with E-state index >= 15 is 0 Å². The summed E-state index contributed by atoms with van der Waals surface area (Å²) in [6.07, 6.45) is 3.58. The fraction of sp³-hybridized carbons (Fsp3) is 0.600. The van der Waals surface area contributed by atoms with Gasteiger partial charge in [-0.25, -0.2) is 0 Å². The van der Waals surface area contributed by atoms with Gasteiger partial charge in [-0.15, -0.1) is 0 Å². The van der Waals surface area contributed by atoms with E-state index in [1.807, 2.05) is 0 Å². The highest BCUT2D eigenvalue weighted by Gasteiger charge is 2.60. The maximum atomic E-state index is 12.6. The third-order valence-corrected chi connectivity index (χ3v) is 6.91. The van der Waals surface area contributed by atoms with Crippen molar-refractivity contribution in [3.05, 3.63) is 47.0 Å². The number of amides is 2. The zero-order valence-electron chi connectivity index (χ0n) is 18.9. The molecule has 3 nitrogen and oxygen atoms in total. The van der Waals surface area contributed by atoms with Crippen LogP contribution in [0.25, 0.3) is 0 Å². The summed E-state index contributed by atoms with van der Waals surface area (Å²) in [5.41, 5.74) is 3.52. The summed E-state index contributed by atoms with van der Waals surface area (Å²) >= 11 is 0. The van der Waals surface area contributed by atoms with Gasteiger partial charge >= 0.3 is 0 Å². The van der Waals surface area contributed by atoms with E-state index in [4.69, 9.17) is 0 Å². The molecule has 3 heteroatoms. The van der Waals surface area contributed by atoms with Crippen LogP contribution in [-0.4, -0.2) is 16.7 Å². The number of fused-ring (bicyclic) bond motifs is 1. The van der Waals surface area contributed by atoms with E-state index in [0.717, 1.165) is 12.0 Å². The van der Waals surface area contributed by atoms with E-state index in [9.17, 15) is 9.59 Å². The number of hydrogen-bond acceptors (Lipinski definition) is 2. The standard InChI is InChI=1S/C25H35NO2/c1-22(2,3)17-12-10-11-16-18(26-19(27)13-14-20(26)28)15-25(21(16)17,23(4,5)6)24(7,8)9/h10-14,18H,15H2,1-9H3/t18-/m0/s1. The molecule has 2 aliphatic rings. The maximum Gasteiger partial charge on any atom is 0.254 e. The van der Waals surface area contributed by atoms with Crippen molar-refractivity contribution >= 4 is 11.8 Å². The van der Waals surface area contributed by atoms with E-state index in [1.165, 1.54) is 28.2 Å². The second-order valence-corrected chi connectivity index (χ2v) is 11.5. The van der Waals surface area contributed by atoms with Crippen LogP contribution in [0.1, 0.15) is 91.5 Å². The van der Waals surface area contributed by atoms with Crippen molar-refractivity contribution in [1.82, 2.24) is 4.90 Å². The van der Waals surface area contributed by atoms with Crippen LogP contribution in [0.3, 0.4) is 0 Å². The SMILES string of the molecule is CC(C)(C)c1cccc2c1C(C(C)(C)C)(C(C)(C)C)C[C@@H]2N1C(=O)C=CC1=O. The Morgan fingerprint density at radius 3 is 1.79 bits per heavy atom. The molecule has 0 fully saturated rings. The highest BCUT2D eigenvalue weighted by molar-refractivity contribution is 6.13. The zero-order valence-corrected chi connectivity index (χ0v) is 18.9. The number of hydrogen-bond donors (Lipinski definition) is 0. The fourth-order valence-electron chi connectivity index (χ4n) is 5.89. The lowest BCUT2D eigenvalue weighted by Gasteiger charge is -2.54. The molecular formula is C25H35NO2. The van der Waals surface area contributed by atoms with E-state index in [2.05, 4.69) is 80.5 Å². The van der Waals surface area contributed by atoms with Crippen molar-refractivity contribution in [2.24, 2.45) is 10.8 Å². The quantitative estimate of drug-likeness (QED) is 0.587. The molecule has 1 heterocycles. The van der Waals surface area contributed by atoms with Crippen molar-refractivity contribution < 1.29 is 9.59 Å². The van der Waals surface area contributed by atoms with Gasteiger partial charge in [0.25, 0.3) is 11.8 Å². The monoisotopic (exact) mass is 381 g/mol.